The summed E-state index contributed by atoms with van der Waals surface area (Å²) < 4.78 is 10.8. The van der Waals surface area contributed by atoms with Gasteiger partial charge in [-0.1, -0.05) is 29.8 Å². The number of esters is 2. The van der Waals surface area contributed by atoms with Crippen molar-refractivity contribution < 1.29 is 19.1 Å². The SMILES string of the molecule is O=C1O[C@H](C(=O)O[C@H]2CCN(c3cncc(Cl)n3)C2)Cc2ccccc21. The number of hydrogen-bond acceptors (Lipinski definition) is 7. The molecule has 2 aliphatic heterocycles. The minimum absolute atomic E-state index is 0.292. The Hall–Kier alpha value is -2.67. The molecule has 0 aliphatic carbocycles. The highest BCUT2D eigenvalue weighted by atomic mass is 35.5. The molecule has 0 radical (unpaired) electrons. The monoisotopic (exact) mass is 373 g/mol. The zero-order valence-corrected chi connectivity index (χ0v) is 14.6. The molecule has 134 valence electrons. The van der Waals surface area contributed by atoms with Gasteiger partial charge in [-0.05, 0) is 11.6 Å². The summed E-state index contributed by atoms with van der Waals surface area (Å²) in [5, 5.41) is 0.315. The first kappa shape index (κ1) is 16.8. The molecule has 0 bridgehead atoms. The number of nitrogens with zero attached hydrogens (tertiary/aromatic N) is 3. The van der Waals surface area contributed by atoms with Crippen molar-refractivity contribution in [3.05, 3.63) is 52.9 Å². The predicted molar refractivity (Wildman–Crippen MR) is 93.1 cm³/mol. The summed E-state index contributed by atoms with van der Waals surface area (Å²) in [7, 11) is 0. The topological polar surface area (TPSA) is 81.6 Å². The third kappa shape index (κ3) is 3.35. The van der Waals surface area contributed by atoms with Gasteiger partial charge in [-0.2, -0.15) is 0 Å². The van der Waals surface area contributed by atoms with Crippen LogP contribution in [-0.4, -0.2) is 47.2 Å². The van der Waals surface area contributed by atoms with E-state index < -0.39 is 18.0 Å². The van der Waals surface area contributed by atoms with Gasteiger partial charge in [0.15, 0.2) is 0 Å². The number of carbonyl (C=O) groups excluding carboxylic acids is 2. The molecule has 26 heavy (non-hydrogen) atoms. The number of anilines is 1. The summed E-state index contributed by atoms with van der Waals surface area (Å²) in [5.74, 6) is -0.359. The van der Waals surface area contributed by atoms with Crippen molar-refractivity contribution >= 4 is 29.4 Å². The molecule has 4 rings (SSSR count). The lowest BCUT2D eigenvalue weighted by Gasteiger charge is -2.24. The molecule has 3 heterocycles. The van der Waals surface area contributed by atoms with E-state index in [1.165, 1.54) is 6.20 Å². The molecule has 2 aliphatic rings. The van der Waals surface area contributed by atoms with E-state index in [1.807, 2.05) is 17.0 Å². The number of ether oxygens (including phenoxy) is 2. The van der Waals surface area contributed by atoms with Gasteiger partial charge in [0, 0.05) is 19.4 Å². The second-order valence-electron chi connectivity index (χ2n) is 6.25. The lowest BCUT2D eigenvalue weighted by molar-refractivity contribution is -0.158. The number of benzene rings is 1. The summed E-state index contributed by atoms with van der Waals surface area (Å²) in [4.78, 5) is 34.7. The first-order valence-electron chi connectivity index (χ1n) is 8.32. The molecule has 0 saturated carbocycles. The minimum Gasteiger partial charge on any atom is -0.458 e. The van der Waals surface area contributed by atoms with Crippen LogP contribution in [0.1, 0.15) is 22.3 Å². The van der Waals surface area contributed by atoms with Gasteiger partial charge in [0.1, 0.15) is 17.1 Å². The molecule has 1 aromatic heterocycles. The first-order valence-corrected chi connectivity index (χ1v) is 8.70. The molecule has 7 nitrogen and oxygen atoms in total. The molecule has 0 unspecified atom stereocenters. The fourth-order valence-corrected chi connectivity index (χ4v) is 3.36. The van der Waals surface area contributed by atoms with Crippen LogP contribution in [0.15, 0.2) is 36.7 Å². The largest absolute Gasteiger partial charge is 0.458 e. The maximum atomic E-state index is 12.4. The van der Waals surface area contributed by atoms with E-state index in [4.69, 9.17) is 21.1 Å². The smallest absolute Gasteiger partial charge is 0.348 e. The van der Waals surface area contributed by atoms with Crippen LogP contribution in [0.3, 0.4) is 0 Å². The Kier molecular flexibility index (Phi) is 4.46. The van der Waals surface area contributed by atoms with Crippen LogP contribution in [0, 0.1) is 0 Å². The zero-order chi connectivity index (χ0) is 18.1. The van der Waals surface area contributed by atoms with Crippen LogP contribution < -0.4 is 4.90 Å². The van der Waals surface area contributed by atoms with E-state index in [9.17, 15) is 9.59 Å². The molecule has 0 N–H and O–H groups in total. The van der Waals surface area contributed by atoms with Gasteiger partial charge in [0.25, 0.3) is 0 Å². The molecular weight excluding hydrogens is 358 g/mol. The quantitative estimate of drug-likeness (QED) is 0.761. The van der Waals surface area contributed by atoms with Crippen molar-refractivity contribution in [2.24, 2.45) is 0 Å². The van der Waals surface area contributed by atoms with Crippen molar-refractivity contribution in [2.75, 3.05) is 18.0 Å². The van der Waals surface area contributed by atoms with Gasteiger partial charge in [0.2, 0.25) is 6.10 Å². The van der Waals surface area contributed by atoms with Crippen LogP contribution in [0.2, 0.25) is 5.15 Å². The number of halogens is 1. The molecule has 2 aromatic rings. The van der Waals surface area contributed by atoms with Gasteiger partial charge in [-0.3, -0.25) is 4.98 Å². The maximum absolute atomic E-state index is 12.4. The predicted octanol–water partition coefficient (Wildman–Crippen LogP) is 2.03. The minimum atomic E-state index is -0.905. The number of fused-ring (bicyclic) bond motifs is 1. The number of hydrogen-bond donors (Lipinski definition) is 0. The summed E-state index contributed by atoms with van der Waals surface area (Å²) in [6.45, 7) is 1.18. The van der Waals surface area contributed by atoms with Crippen molar-refractivity contribution in [3.8, 4) is 0 Å². The van der Waals surface area contributed by atoms with Gasteiger partial charge < -0.3 is 14.4 Å². The molecule has 0 amide bonds. The first-order chi connectivity index (χ1) is 12.6. The van der Waals surface area contributed by atoms with Gasteiger partial charge in [-0.25, -0.2) is 14.6 Å². The second-order valence-corrected chi connectivity index (χ2v) is 6.64. The Morgan fingerprint density at radius 3 is 3.00 bits per heavy atom. The lowest BCUT2D eigenvalue weighted by Crippen LogP contribution is -2.38. The van der Waals surface area contributed by atoms with Crippen LogP contribution in [-0.2, 0) is 20.7 Å². The van der Waals surface area contributed by atoms with Crippen LogP contribution in [0.5, 0.6) is 0 Å². The van der Waals surface area contributed by atoms with Gasteiger partial charge >= 0.3 is 11.9 Å². The van der Waals surface area contributed by atoms with Crippen molar-refractivity contribution in [3.63, 3.8) is 0 Å². The van der Waals surface area contributed by atoms with E-state index in [1.54, 1.807) is 18.3 Å². The summed E-state index contributed by atoms with van der Waals surface area (Å²) in [5.41, 5.74) is 1.30. The molecule has 1 aromatic carbocycles. The number of aromatic nitrogens is 2. The van der Waals surface area contributed by atoms with E-state index in [0.717, 1.165) is 5.56 Å². The van der Waals surface area contributed by atoms with E-state index in [2.05, 4.69) is 9.97 Å². The fraction of sp³-hybridized carbons (Fsp3) is 0.333. The Labute approximate surface area is 154 Å². The average Bonchev–Trinajstić information content (AvgIpc) is 3.10. The van der Waals surface area contributed by atoms with Crippen molar-refractivity contribution in [1.29, 1.82) is 0 Å². The third-order valence-corrected chi connectivity index (χ3v) is 4.68. The standard InChI is InChI=1S/C18H16ClN3O4/c19-15-8-20-9-16(21-15)22-6-5-12(10-22)25-18(24)14-7-11-3-1-2-4-13(11)17(23)26-14/h1-4,8-9,12,14H,5-7,10H2/t12-,14-/m0/s1. The maximum Gasteiger partial charge on any atom is 0.348 e. The fourth-order valence-electron chi connectivity index (χ4n) is 3.22. The van der Waals surface area contributed by atoms with Crippen molar-refractivity contribution in [2.45, 2.75) is 25.0 Å². The van der Waals surface area contributed by atoms with E-state index in [0.29, 0.717) is 42.5 Å². The highest BCUT2D eigenvalue weighted by Crippen LogP contribution is 2.24. The number of rotatable bonds is 3. The summed E-state index contributed by atoms with van der Waals surface area (Å²) >= 11 is 5.87. The molecular formula is C18H16ClN3O4. The Morgan fingerprint density at radius 2 is 2.15 bits per heavy atom. The molecule has 1 saturated heterocycles. The lowest BCUT2D eigenvalue weighted by atomic mass is 9.99. The Balaban J connectivity index is 1.38. The van der Waals surface area contributed by atoms with Gasteiger partial charge in [-0.15, -0.1) is 0 Å². The van der Waals surface area contributed by atoms with E-state index in [-0.39, 0.29) is 6.10 Å². The average molecular weight is 374 g/mol. The highest BCUT2D eigenvalue weighted by Gasteiger charge is 2.35. The normalized spacial score (nSPS) is 21.9. The van der Waals surface area contributed by atoms with Gasteiger partial charge in [0.05, 0.1) is 24.5 Å². The van der Waals surface area contributed by atoms with Crippen LogP contribution >= 0.6 is 11.6 Å². The molecule has 8 heteroatoms. The summed E-state index contributed by atoms with van der Waals surface area (Å²) in [6.07, 6.45) is 2.88. The Bertz CT molecular complexity index is 860. The second kappa shape index (κ2) is 6.92. The zero-order valence-electron chi connectivity index (χ0n) is 13.8. The van der Waals surface area contributed by atoms with Crippen LogP contribution in [0.4, 0.5) is 5.82 Å². The van der Waals surface area contributed by atoms with Crippen molar-refractivity contribution in [1.82, 2.24) is 9.97 Å². The summed E-state index contributed by atoms with van der Waals surface area (Å²) in [6, 6.07) is 7.12. The number of carbonyl (C=O) groups is 2. The van der Waals surface area contributed by atoms with E-state index >= 15 is 0 Å². The molecule has 1 fully saturated rings. The number of cyclic esters (lactones) is 1. The molecule has 0 spiro atoms. The third-order valence-electron chi connectivity index (χ3n) is 4.50. The Morgan fingerprint density at radius 1 is 1.31 bits per heavy atom. The molecule has 2 atom stereocenters. The highest BCUT2D eigenvalue weighted by molar-refractivity contribution is 6.29. The van der Waals surface area contributed by atoms with Crippen LogP contribution in [0.25, 0.3) is 0 Å².